The zero-order valence-electron chi connectivity index (χ0n) is 12.2. The van der Waals surface area contributed by atoms with Crippen LogP contribution in [-0.2, 0) is 9.84 Å². The molecule has 0 fully saturated rings. The van der Waals surface area contributed by atoms with Crippen LogP contribution in [0.1, 0.15) is 18.4 Å². The molecule has 1 aromatic heterocycles. The van der Waals surface area contributed by atoms with Gasteiger partial charge in [0.15, 0.2) is 15.7 Å². The Kier molecular flexibility index (Phi) is 5.03. The molecule has 1 N–H and O–H groups in total. The topological polar surface area (TPSA) is 59.1 Å². The second kappa shape index (κ2) is 6.62. The van der Waals surface area contributed by atoms with E-state index in [0.29, 0.717) is 6.54 Å². The molecule has 0 spiro atoms. The Balaban J connectivity index is 2.08. The lowest BCUT2D eigenvalue weighted by atomic mass is 10.0. The van der Waals surface area contributed by atoms with Gasteiger partial charge >= 0.3 is 0 Å². The zero-order chi connectivity index (χ0) is 16.3. The van der Waals surface area contributed by atoms with Gasteiger partial charge in [0.1, 0.15) is 0 Å². The first-order valence-electron chi connectivity index (χ1n) is 6.62. The minimum absolute atomic E-state index is 0.0530. The number of rotatable bonds is 5. The molecule has 0 saturated carbocycles. The Bertz CT molecular complexity index is 743. The number of sulfone groups is 1. The van der Waals surface area contributed by atoms with Crippen LogP contribution in [0.4, 0.5) is 10.1 Å². The molecule has 1 aromatic carbocycles. The maximum atomic E-state index is 13.6. The van der Waals surface area contributed by atoms with Gasteiger partial charge in [-0.3, -0.25) is 4.98 Å². The second-order valence-electron chi connectivity index (χ2n) is 5.10. The summed E-state index contributed by atoms with van der Waals surface area (Å²) < 4.78 is 36.5. The van der Waals surface area contributed by atoms with Gasteiger partial charge in [0.25, 0.3) is 0 Å². The first kappa shape index (κ1) is 16.7. The van der Waals surface area contributed by atoms with Gasteiger partial charge in [-0.05, 0) is 23.6 Å². The maximum absolute atomic E-state index is 13.6. The molecule has 7 heteroatoms. The summed E-state index contributed by atoms with van der Waals surface area (Å²) in [7, 11) is -3.20. The molecule has 0 aliphatic carbocycles. The van der Waals surface area contributed by atoms with Gasteiger partial charge in [-0.1, -0.05) is 30.7 Å². The summed E-state index contributed by atoms with van der Waals surface area (Å²) in [5.74, 6) is -0.454. The van der Waals surface area contributed by atoms with Crippen molar-refractivity contribution in [3.05, 3.63) is 53.1 Å². The van der Waals surface area contributed by atoms with E-state index < -0.39 is 15.7 Å². The van der Waals surface area contributed by atoms with Crippen molar-refractivity contribution in [2.24, 2.45) is 0 Å². The lowest BCUT2D eigenvalue weighted by Crippen LogP contribution is -2.11. The fraction of sp³-hybridized carbons (Fsp3) is 0.267. The van der Waals surface area contributed by atoms with Crippen molar-refractivity contribution in [1.82, 2.24) is 4.98 Å². The Labute approximate surface area is 134 Å². The Morgan fingerprint density at radius 3 is 2.45 bits per heavy atom. The van der Waals surface area contributed by atoms with Gasteiger partial charge in [-0.15, -0.1) is 0 Å². The molecule has 1 heterocycles. The maximum Gasteiger partial charge on any atom is 0.175 e. The van der Waals surface area contributed by atoms with E-state index in [1.165, 1.54) is 12.5 Å². The van der Waals surface area contributed by atoms with Crippen molar-refractivity contribution in [2.45, 2.75) is 17.7 Å². The first-order chi connectivity index (χ1) is 10.3. The van der Waals surface area contributed by atoms with Gasteiger partial charge in [0, 0.05) is 19.0 Å². The van der Waals surface area contributed by atoms with Gasteiger partial charge in [0.05, 0.1) is 21.8 Å². The van der Waals surface area contributed by atoms with Crippen molar-refractivity contribution in [3.8, 4) is 0 Å². The van der Waals surface area contributed by atoms with Crippen LogP contribution in [-0.4, -0.2) is 26.2 Å². The van der Waals surface area contributed by atoms with Crippen molar-refractivity contribution in [2.75, 3.05) is 18.1 Å². The highest BCUT2D eigenvalue weighted by molar-refractivity contribution is 7.90. The highest BCUT2D eigenvalue weighted by Gasteiger charge is 2.12. The molecule has 0 bridgehead atoms. The fourth-order valence-electron chi connectivity index (χ4n) is 2.00. The quantitative estimate of drug-likeness (QED) is 0.903. The average Bonchev–Trinajstić information content (AvgIpc) is 2.46. The number of hydrogen-bond donors (Lipinski definition) is 1. The third kappa shape index (κ3) is 3.96. The van der Waals surface area contributed by atoms with Gasteiger partial charge < -0.3 is 5.32 Å². The molecule has 0 aliphatic rings. The molecular formula is C15H16ClFN2O2S. The predicted octanol–water partition coefficient (Wildman–Crippen LogP) is 3.49. The van der Waals surface area contributed by atoms with Gasteiger partial charge in [-0.25, -0.2) is 12.8 Å². The van der Waals surface area contributed by atoms with Crippen LogP contribution in [0.5, 0.6) is 0 Å². The van der Waals surface area contributed by atoms with Crippen molar-refractivity contribution >= 4 is 27.1 Å². The molecular weight excluding hydrogens is 327 g/mol. The number of benzene rings is 1. The Morgan fingerprint density at radius 1 is 1.27 bits per heavy atom. The molecule has 0 saturated heterocycles. The summed E-state index contributed by atoms with van der Waals surface area (Å²) >= 11 is 5.90. The zero-order valence-corrected chi connectivity index (χ0v) is 13.7. The molecule has 2 rings (SSSR count). The van der Waals surface area contributed by atoms with Crippen molar-refractivity contribution < 1.29 is 12.8 Å². The van der Waals surface area contributed by atoms with E-state index in [-0.39, 0.29) is 21.5 Å². The average molecular weight is 343 g/mol. The van der Waals surface area contributed by atoms with Gasteiger partial charge in [-0.2, -0.15) is 0 Å². The molecule has 2 aromatic rings. The Morgan fingerprint density at radius 2 is 1.91 bits per heavy atom. The van der Waals surface area contributed by atoms with Crippen LogP contribution in [0.15, 0.2) is 41.6 Å². The van der Waals surface area contributed by atoms with Crippen molar-refractivity contribution in [1.29, 1.82) is 0 Å². The second-order valence-corrected chi connectivity index (χ2v) is 7.52. The lowest BCUT2D eigenvalue weighted by molar-refractivity contribution is 0.601. The molecule has 1 unspecified atom stereocenters. The summed E-state index contributed by atoms with van der Waals surface area (Å²) in [5.41, 5.74) is 1.17. The molecule has 0 radical (unpaired) electrons. The molecule has 22 heavy (non-hydrogen) atoms. The number of halogens is 2. The lowest BCUT2D eigenvalue weighted by Gasteiger charge is -2.15. The van der Waals surface area contributed by atoms with Crippen LogP contribution in [0.25, 0.3) is 0 Å². The normalized spacial score (nSPS) is 12.9. The van der Waals surface area contributed by atoms with E-state index in [0.717, 1.165) is 11.8 Å². The smallest absolute Gasteiger partial charge is 0.175 e. The van der Waals surface area contributed by atoms with Crippen LogP contribution < -0.4 is 5.32 Å². The number of pyridine rings is 1. The van der Waals surface area contributed by atoms with E-state index in [9.17, 15) is 12.8 Å². The largest absolute Gasteiger partial charge is 0.381 e. The van der Waals surface area contributed by atoms with Crippen molar-refractivity contribution in [3.63, 3.8) is 0 Å². The molecule has 0 aliphatic heterocycles. The number of nitrogens with one attached hydrogen (secondary N) is 1. The van der Waals surface area contributed by atoms with Crippen LogP contribution in [0.3, 0.4) is 0 Å². The fourth-order valence-corrected chi connectivity index (χ4v) is 2.84. The summed E-state index contributed by atoms with van der Waals surface area (Å²) in [4.78, 5) is 3.94. The molecule has 0 amide bonds. The van der Waals surface area contributed by atoms with E-state index in [1.54, 1.807) is 24.3 Å². The highest BCUT2D eigenvalue weighted by atomic mass is 35.5. The minimum Gasteiger partial charge on any atom is -0.381 e. The van der Waals surface area contributed by atoms with E-state index in [1.807, 2.05) is 6.92 Å². The Hall–Kier alpha value is -1.66. The first-order valence-corrected chi connectivity index (χ1v) is 8.89. The van der Waals surface area contributed by atoms with Gasteiger partial charge in [0.2, 0.25) is 0 Å². The molecule has 1 atom stereocenters. The third-order valence-corrected chi connectivity index (χ3v) is 4.73. The molecule has 4 nitrogen and oxygen atoms in total. The molecule has 118 valence electrons. The summed E-state index contributed by atoms with van der Waals surface area (Å²) in [5, 5.41) is 3.18. The number of aromatic nitrogens is 1. The number of nitrogens with zero attached hydrogens (tertiary/aromatic N) is 1. The standard InChI is InChI=1S/C15H16ClFN2O2S/c1-10(7-19-15-13(16)8-18-9-14(15)17)11-3-5-12(6-4-11)22(2,20)21/h3-6,8-10H,7H2,1-2H3,(H,18,19). The third-order valence-electron chi connectivity index (χ3n) is 3.32. The minimum atomic E-state index is -3.20. The van der Waals surface area contributed by atoms with Crippen LogP contribution in [0, 0.1) is 5.82 Å². The van der Waals surface area contributed by atoms with E-state index in [4.69, 9.17) is 11.6 Å². The predicted molar refractivity (Wildman–Crippen MR) is 85.7 cm³/mol. The van der Waals surface area contributed by atoms with E-state index in [2.05, 4.69) is 10.3 Å². The summed E-state index contributed by atoms with van der Waals surface area (Å²) in [6, 6.07) is 6.66. The number of hydrogen-bond acceptors (Lipinski definition) is 4. The summed E-state index contributed by atoms with van der Waals surface area (Å²) in [6.45, 7) is 2.41. The van der Waals surface area contributed by atoms with E-state index >= 15 is 0 Å². The van der Waals surface area contributed by atoms with Crippen LogP contribution in [0.2, 0.25) is 5.02 Å². The monoisotopic (exact) mass is 342 g/mol. The summed E-state index contributed by atoms with van der Waals surface area (Å²) in [6.07, 6.45) is 3.64. The van der Waals surface area contributed by atoms with Crippen LogP contribution >= 0.6 is 11.6 Å². The highest BCUT2D eigenvalue weighted by Crippen LogP contribution is 2.25. The number of anilines is 1. The SMILES string of the molecule is CC(CNc1c(F)cncc1Cl)c1ccc(S(C)(=O)=O)cc1.